The number of hydrogen-bond acceptors (Lipinski definition) is 3. The van der Waals surface area contributed by atoms with Crippen molar-refractivity contribution in [3.63, 3.8) is 0 Å². The van der Waals surface area contributed by atoms with Crippen LogP contribution in [0.3, 0.4) is 0 Å². The molecule has 0 atom stereocenters. The zero-order valence-electron chi connectivity index (χ0n) is 11.1. The molecule has 0 saturated carbocycles. The quantitative estimate of drug-likeness (QED) is 0.899. The van der Waals surface area contributed by atoms with E-state index < -0.39 is 0 Å². The highest BCUT2D eigenvalue weighted by molar-refractivity contribution is 5.28. The van der Waals surface area contributed by atoms with E-state index in [1.807, 2.05) is 19.9 Å². The van der Waals surface area contributed by atoms with E-state index in [-0.39, 0.29) is 6.61 Å². The molecule has 3 heteroatoms. The Morgan fingerprint density at radius 3 is 2.28 bits per heavy atom. The van der Waals surface area contributed by atoms with Crippen LogP contribution in [0.5, 0.6) is 0 Å². The van der Waals surface area contributed by atoms with E-state index in [4.69, 9.17) is 0 Å². The Morgan fingerprint density at radius 1 is 1.06 bits per heavy atom. The Morgan fingerprint density at radius 2 is 1.72 bits per heavy atom. The SMILES string of the molecule is Cc1cccc(Cc2nc(C)c(CO)c(C)n2)c1. The Hall–Kier alpha value is -1.74. The highest BCUT2D eigenvalue weighted by atomic mass is 16.3. The summed E-state index contributed by atoms with van der Waals surface area (Å²) in [5.41, 5.74) is 5.03. The lowest BCUT2D eigenvalue weighted by molar-refractivity contribution is 0.279. The molecule has 0 spiro atoms. The minimum atomic E-state index is 0.00237. The van der Waals surface area contributed by atoms with E-state index in [0.29, 0.717) is 0 Å². The normalized spacial score (nSPS) is 10.7. The fraction of sp³-hybridized carbons (Fsp3) is 0.333. The molecule has 1 N–H and O–H groups in total. The lowest BCUT2D eigenvalue weighted by Gasteiger charge is -2.09. The zero-order valence-corrected chi connectivity index (χ0v) is 11.1. The van der Waals surface area contributed by atoms with Gasteiger partial charge in [0.1, 0.15) is 5.82 Å². The molecule has 94 valence electrons. The van der Waals surface area contributed by atoms with Crippen LogP contribution in [-0.4, -0.2) is 15.1 Å². The molecule has 2 rings (SSSR count). The number of benzene rings is 1. The molecule has 1 heterocycles. The van der Waals surface area contributed by atoms with E-state index in [1.165, 1.54) is 11.1 Å². The van der Waals surface area contributed by atoms with Crippen molar-refractivity contribution in [3.8, 4) is 0 Å². The summed E-state index contributed by atoms with van der Waals surface area (Å²) in [4.78, 5) is 8.92. The fourth-order valence-electron chi connectivity index (χ4n) is 2.12. The molecule has 1 aromatic carbocycles. The third-order valence-corrected chi connectivity index (χ3v) is 3.07. The number of nitrogens with zero attached hydrogens (tertiary/aromatic N) is 2. The van der Waals surface area contributed by atoms with Gasteiger partial charge in [0.2, 0.25) is 0 Å². The first-order valence-electron chi connectivity index (χ1n) is 6.09. The van der Waals surface area contributed by atoms with Crippen molar-refractivity contribution in [2.75, 3.05) is 0 Å². The van der Waals surface area contributed by atoms with Crippen molar-refractivity contribution in [3.05, 3.63) is 58.2 Å². The summed E-state index contributed by atoms with van der Waals surface area (Å²) in [7, 11) is 0. The Kier molecular flexibility index (Phi) is 3.72. The van der Waals surface area contributed by atoms with Crippen molar-refractivity contribution in [2.45, 2.75) is 33.8 Å². The second kappa shape index (κ2) is 5.27. The van der Waals surface area contributed by atoms with Crippen LogP contribution in [0.25, 0.3) is 0 Å². The first-order chi connectivity index (χ1) is 8.60. The molecule has 0 radical (unpaired) electrons. The number of hydrogen-bond donors (Lipinski definition) is 1. The van der Waals surface area contributed by atoms with Crippen LogP contribution in [0.15, 0.2) is 24.3 Å². The zero-order chi connectivity index (χ0) is 13.1. The summed E-state index contributed by atoms with van der Waals surface area (Å²) < 4.78 is 0. The molecular formula is C15H18N2O. The van der Waals surface area contributed by atoms with Gasteiger partial charge in [-0.1, -0.05) is 29.8 Å². The van der Waals surface area contributed by atoms with Crippen LogP contribution in [0.4, 0.5) is 0 Å². The molecule has 0 saturated heterocycles. The molecule has 1 aromatic heterocycles. The highest BCUT2D eigenvalue weighted by Crippen LogP contribution is 2.13. The molecule has 0 amide bonds. The molecule has 18 heavy (non-hydrogen) atoms. The van der Waals surface area contributed by atoms with Gasteiger partial charge in [0.05, 0.1) is 6.61 Å². The molecule has 0 bridgehead atoms. The predicted molar refractivity (Wildman–Crippen MR) is 71.4 cm³/mol. The molecule has 2 aromatic rings. The third-order valence-electron chi connectivity index (χ3n) is 3.07. The van der Waals surface area contributed by atoms with E-state index in [0.717, 1.165) is 29.2 Å². The Balaban J connectivity index is 2.30. The van der Waals surface area contributed by atoms with Gasteiger partial charge >= 0.3 is 0 Å². The molecule has 0 aliphatic carbocycles. The van der Waals surface area contributed by atoms with E-state index in [9.17, 15) is 5.11 Å². The van der Waals surface area contributed by atoms with Gasteiger partial charge in [-0.2, -0.15) is 0 Å². The van der Waals surface area contributed by atoms with Crippen LogP contribution in [0.1, 0.15) is 33.9 Å². The first kappa shape index (κ1) is 12.7. The average Bonchev–Trinajstić information content (AvgIpc) is 2.28. The van der Waals surface area contributed by atoms with Crippen LogP contribution in [0.2, 0.25) is 0 Å². The number of aliphatic hydroxyl groups excluding tert-OH is 1. The molecule has 0 unspecified atom stereocenters. The molecule has 3 nitrogen and oxygen atoms in total. The van der Waals surface area contributed by atoms with Crippen molar-refractivity contribution in [1.29, 1.82) is 0 Å². The summed E-state index contributed by atoms with van der Waals surface area (Å²) in [5, 5.41) is 9.24. The first-order valence-corrected chi connectivity index (χ1v) is 6.09. The number of aromatic nitrogens is 2. The topological polar surface area (TPSA) is 46.0 Å². The maximum Gasteiger partial charge on any atom is 0.133 e. The summed E-state index contributed by atoms with van der Waals surface area (Å²) in [6.07, 6.45) is 0.731. The van der Waals surface area contributed by atoms with Gasteiger partial charge in [-0.3, -0.25) is 0 Å². The van der Waals surface area contributed by atoms with Crippen molar-refractivity contribution >= 4 is 0 Å². The summed E-state index contributed by atoms with van der Waals surface area (Å²) in [5.74, 6) is 0.813. The monoisotopic (exact) mass is 242 g/mol. The van der Waals surface area contributed by atoms with Crippen LogP contribution in [-0.2, 0) is 13.0 Å². The lowest BCUT2D eigenvalue weighted by Crippen LogP contribution is -2.06. The summed E-state index contributed by atoms with van der Waals surface area (Å²) >= 11 is 0. The van der Waals surface area contributed by atoms with Gasteiger partial charge < -0.3 is 5.11 Å². The maximum absolute atomic E-state index is 9.24. The van der Waals surface area contributed by atoms with E-state index in [1.54, 1.807) is 0 Å². The van der Waals surface area contributed by atoms with E-state index in [2.05, 4.69) is 35.1 Å². The van der Waals surface area contributed by atoms with Gasteiger partial charge in [0.15, 0.2) is 0 Å². The van der Waals surface area contributed by atoms with Gasteiger partial charge in [-0.05, 0) is 26.3 Å². The molecule has 0 aliphatic heterocycles. The molecular weight excluding hydrogens is 224 g/mol. The van der Waals surface area contributed by atoms with Crippen LogP contribution >= 0.6 is 0 Å². The molecule has 0 fully saturated rings. The number of rotatable bonds is 3. The van der Waals surface area contributed by atoms with Crippen molar-refractivity contribution < 1.29 is 5.11 Å². The number of aryl methyl sites for hydroxylation is 3. The summed E-state index contributed by atoms with van der Waals surface area (Å²) in [6.45, 7) is 5.91. The largest absolute Gasteiger partial charge is 0.392 e. The lowest BCUT2D eigenvalue weighted by atomic mass is 10.1. The third kappa shape index (κ3) is 2.74. The molecule has 0 aliphatic rings. The smallest absolute Gasteiger partial charge is 0.133 e. The average molecular weight is 242 g/mol. The second-order valence-electron chi connectivity index (χ2n) is 4.61. The fourth-order valence-corrected chi connectivity index (χ4v) is 2.12. The number of aliphatic hydroxyl groups is 1. The minimum absolute atomic E-state index is 0.00237. The van der Waals surface area contributed by atoms with Gasteiger partial charge in [0.25, 0.3) is 0 Å². The van der Waals surface area contributed by atoms with Gasteiger partial charge in [0, 0.05) is 23.4 Å². The minimum Gasteiger partial charge on any atom is -0.392 e. The highest BCUT2D eigenvalue weighted by Gasteiger charge is 2.08. The standard InChI is InChI=1S/C15H18N2O/c1-10-5-4-6-13(7-10)8-15-16-11(2)14(9-18)12(3)17-15/h4-7,18H,8-9H2,1-3H3. The van der Waals surface area contributed by atoms with Gasteiger partial charge in [-0.25, -0.2) is 9.97 Å². The maximum atomic E-state index is 9.24. The second-order valence-corrected chi connectivity index (χ2v) is 4.61. The van der Waals surface area contributed by atoms with E-state index >= 15 is 0 Å². The Labute approximate surface area is 108 Å². The van der Waals surface area contributed by atoms with Crippen LogP contribution in [0, 0.1) is 20.8 Å². The van der Waals surface area contributed by atoms with Gasteiger partial charge in [-0.15, -0.1) is 0 Å². The van der Waals surface area contributed by atoms with Crippen molar-refractivity contribution in [1.82, 2.24) is 9.97 Å². The van der Waals surface area contributed by atoms with Crippen LogP contribution < -0.4 is 0 Å². The predicted octanol–water partition coefficient (Wildman–Crippen LogP) is 2.48. The van der Waals surface area contributed by atoms with Crippen molar-refractivity contribution in [2.24, 2.45) is 0 Å². The summed E-state index contributed by atoms with van der Waals surface area (Å²) in [6, 6.07) is 8.36. The Bertz CT molecular complexity index is 541.